The molecule has 0 spiro atoms. The smallest absolute Gasteiger partial charge is 0.225 e. The molecule has 0 fully saturated rings. The zero-order chi connectivity index (χ0) is 13.2. The molecule has 0 saturated heterocycles. The molecule has 0 unspecified atom stereocenters. The van der Waals surface area contributed by atoms with E-state index in [-0.39, 0.29) is 0 Å². The summed E-state index contributed by atoms with van der Waals surface area (Å²) in [7, 11) is 0. The summed E-state index contributed by atoms with van der Waals surface area (Å²) < 4.78 is 0. The van der Waals surface area contributed by atoms with Crippen LogP contribution in [0.15, 0.2) is 30.5 Å². The zero-order valence-corrected chi connectivity index (χ0v) is 10.9. The van der Waals surface area contributed by atoms with Gasteiger partial charge in [0.05, 0.1) is 17.3 Å². The molecule has 2 N–H and O–H groups in total. The largest absolute Gasteiger partial charge is 0.354 e. The normalized spacial score (nSPS) is 10.8. The van der Waals surface area contributed by atoms with Crippen molar-refractivity contribution in [3.63, 3.8) is 0 Å². The average molecular weight is 253 g/mol. The number of aromatic nitrogens is 4. The van der Waals surface area contributed by atoms with Gasteiger partial charge in [0, 0.05) is 12.1 Å². The molecule has 96 valence electrons. The number of hydrogen-bond acceptors (Lipinski definition) is 4. The first kappa shape index (κ1) is 11.6. The number of aryl methyl sites for hydroxylation is 1. The van der Waals surface area contributed by atoms with Crippen LogP contribution in [-0.4, -0.2) is 26.7 Å². The molecule has 0 bridgehead atoms. The van der Waals surface area contributed by atoms with Gasteiger partial charge in [-0.15, -0.1) is 0 Å². The highest BCUT2D eigenvalue weighted by Gasteiger charge is 2.12. The predicted molar refractivity (Wildman–Crippen MR) is 76.0 cm³/mol. The number of benzene rings is 1. The van der Waals surface area contributed by atoms with Crippen molar-refractivity contribution in [2.75, 3.05) is 11.9 Å². The minimum Gasteiger partial charge on any atom is -0.354 e. The van der Waals surface area contributed by atoms with Gasteiger partial charge in [0.2, 0.25) is 5.95 Å². The Labute approximate surface area is 111 Å². The van der Waals surface area contributed by atoms with Gasteiger partial charge < -0.3 is 5.32 Å². The monoisotopic (exact) mass is 253 g/mol. The number of fused-ring (bicyclic) bond motifs is 1. The van der Waals surface area contributed by atoms with Gasteiger partial charge in [0.15, 0.2) is 5.65 Å². The summed E-state index contributed by atoms with van der Waals surface area (Å²) >= 11 is 0. The molecule has 0 aliphatic carbocycles. The molecule has 0 saturated carbocycles. The van der Waals surface area contributed by atoms with Gasteiger partial charge in [-0.25, -0.2) is 4.98 Å². The number of hydrogen-bond donors (Lipinski definition) is 2. The van der Waals surface area contributed by atoms with Crippen LogP contribution in [0.1, 0.15) is 12.5 Å². The number of rotatable bonds is 3. The van der Waals surface area contributed by atoms with E-state index in [4.69, 9.17) is 0 Å². The van der Waals surface area contributed by atoms with Crippen LogP contribution in [-0.2, 0) is 0 Å². The van der Waals surface area contributed by atoms with Crippen LogP contribution in [0.3, 0.4) is 0 Å². The highest BCUT2D eigenvalue weighted by Crippen LogP contribution is 2.28. The number of H-pyrrole nitrogens is 1. The highest BCUT2D eigenvalue weighted by atomic mass is 15.2. The molecule has 3 rings (SSSR count). The van der Waals surface area contributed by atoms with Crippen molar-refractivity contribution in [1.29, 1.82) is 0 Å². The van der Waals surface area contributed by atoms with Crippen molar-refractivity contribution in [1.82, 2.24) is 20.2 Å². The maximum Gasteiger partial charge on any atom is 0.225 e. The van der Waals surface area contributed by atoms with Crippen LogP contribution in [0.5, 0.6) is 0 Å². The maximum atomic E-state index is 4.61. The third-order valence-corrected chi connectivity index (χ3v) is 3.04. The number of nitrogens with zero attached hydrogens (tertiary/aromatic N) is 3. The van der Waals surface area contributed by atoms with Crippen LogP contribution in [0.4, 0.5) is 5.95 Å². The van der Waals surface area contributed by atoms with Gasteiger partial charge >= 0.3 is 0 Å². The lowest BCUT2D eigenvalue weighted by Gasteiger charge is -2.08. The Bertz CT molecular complexity index is 717. The summed E-state index contributed by atoms with van der Waals surface area (Å²) in [5, 5.41) is 11.1. The lowest BCUT2D eigenvalue weighted by atomic mass is 10.0. The summed E-state index contributed by atoms with van der Waals surface area (Å²) in [6.45, 7) is 4.89. The van der Waals surface area contributed by atoms with Crippen molar-refractivity contribution in [3.8, 4) is 11.3 Å². The van der Waals surface area contributed by atoms with Crippen molar-refractivity contribution in [2.24, 2.45) is 0 Å². The average Bonchev–Trinajstić information content (AvgIpc) is 2.87. The molecule has 0 radical (unpaired) electrons. The first-order valence-corrected chi connectivity index (χ1v) is 6.30. The third-order valence-electron chi connectivity index (χ3n) is 3.04. The second-order valence-electron chi connectivity index (χ2n) is 4.37. The van der Waals surface area contributed by atoms with Crippen LogP contribution in [0.2, 0.25) is 0 Å². The van der Waals surface area contributed by atoms with E-state index in [9.17, 15) is 0 Å². The Morgan fingerprint density at radius 1 is 1.21 bits per heavy atom. The van der Waals surface area contributed by atoms with E-state index >= 15 is 0 Å². The van der Waals surface area contributed by atoms with Crippen LogP contribution >= 0.6 is 0 Å². The topological polar surface area (TPSA) is 66.5 Å². The summed E-state index contributed by atoms with van der Waals surface area (Å²) in [4.78, 5) is 9.01. The van der Waals surface area contributed by atoms with Gasteiger partial charge in [-0.05, 0) is 19.4 Å². The van der Waals surface area contributed by atoms with Crippen molar-refractivity contribution in [3.05, 3.63) is 36.0 Å². The Balaban J connectivity index is 2.26. The lowest BCUT2D eigenvalue weighted by molar-refractivity contribution is 1.07. The Morgan fingerprint density at radius 2 is 2.05 bits per heavy atom. The van der Waals surface area contributed by atoms with Crippen LogP contribution < -0.4 is 5.32 Å². The van der Waals surface area contributed by atoms with Gasteiger partial charge in [0.1, 0.15) is 0 Å². The number of nitrogens with one attached hydrogen (secondary N) is 2. The van der Waals surface area contributed by atoms with Crippen LogP contribution in [0.25, 0.3) is 22.3 Å². The Kier molecular flexibility index (Phi) is 2.87. The van der Waals surface area contributed by atoms with Crippen molar-refractivity contribution in [2.45, 2.75) is 13.8 Å². The van der Waals surface area contributed by atoms with Gasteiger partial charge in [-0.2, -0.15) is 10.1 Å². The molecule has 1 aromatic carbocycles. The van der Waals surface area contributed by atoms with E-state index < -0.39 is 0 Å². The fourth-order valence-corrected chi connectivity index (χ4v) is 2.12. The van der Waals surface area contributed by atoms with E-state index in [1.54, 1.807) is 6.20 Å². The van der Waals surface area contributed by atoms with E-state index in [0.717, 1.165) is 28.8 Å². The summed E-state index contributed by atoms with van der Waals surface area (Å²) in [6, 6.07) is 8.19. The first-order chi connectivity index (χ1) is 9.29. The quantitative estimate of drug-likeness (QED) is 0.753. The molecule has 3 aromatic rings. The molecule has 0 amide bonds. The summed E-state index contributed by atoms with van der Waals surface area (Å²) in [5.41, 5.74) is 3.96. The highest BCUT2D eigenvalue weighted by molar-refractivity contribution is 5.91. The standard InChI is InChI=1S/C14H15N5/c1-3-15-14-17-12(10-7-5-4-6-9(10)2)11-8-16-19-13(11)18-14/h4-8H,3H2,1-2H3,(H2,15,16,17,18,19). The van der Waals surface area contributed by atoms with Gasteiger partial charge in [-0.1, -0.05) is 24.3 Å². The van der Waals surface area contributed by atoms with Crippen molar-refractivity contribution >= 4 is 17.0 Å². The molecule has 0 aliphatic rings. The molecule has 2 heterocycles. The lowest BCUT2D eigenvalue weighted by Crippen LogP contribution is -2.03. The maximum absolute atomic E-state index is 4.61. The second kappa shape index (κ2) is 4.68. The fraction of sp³-hybridized carbons (Fsp3) is 0.214. The minimum atomic E-state index is 0.623. The number of aromatic amines is 1. The van der Waals surface area contributed by atoms with Crippen molar-refractivity contribution < 1.29 is 0 Å². The Hall–Kier alpha value is -2.43. The van der Waals surface area contributed by atoms with E-state index in [1.807, 2.05) is 19.1 Å². The molecule has 2 aromatic heterocycles. The summed E-state index contributed by atoms with van der Waals surface area (Å²) in [5.74, 6) is 0.623. The zero-order valence-electron chi connectivity index (χ0n) is 10.9. The summed E-state index contributed by atoms with van der Waals surface area (Å²) in [6.07, 6.45) is 1.77. The molecule has 0 aliphatic heterocycles. The minimum absolute atomic E-state index is 0.623. The van der Waals surface area contributed by atoms with E-state index in [0.29, 0.717) is 5.95 Å². The predicted octanol–water partition coefficient (Wildman–Crippen LogP) is 2.76. The SMILES string of the molecule is CCNc1nc(-c2ccccc2C)c2cn[nH]c2n1. The molecular formula is C14H15N5. The Morgan fingerprint density at radius 3 is 2.84 bits per heavy atom. The van der Waals surface area contributed by atoms with Gasteiger partial charge in [0.25, 0.3) is 0 Å². The molecule has 5 heteroatoms. The third kappa shape index (κ3) is 2.03. The van der Waals surface area contributed by atoms with Gasteiger partial charge in [-0.3, -0.25) is 5.10 Å². The number of anilines is 1. The first-order valence-electron chi connectivity index (χ1n) is 6.30. The molecular weight excluding hydrogens is 238 g/mol. The molecule has 0 atom stereocenters. The van der Waals surface area contributed by atoms with E-state index in [1.165, 1.54) is 5.56 Å². The molecule has 5 nitrogen and oxygen atoms in total. The fourth-order valence-electron chi connectivity index (χ4n) is 2.12. The van der Waals surface area contributed by atoms with E-state index in [2.05, 4.69) is 44.5 Å². The second-order valence-corrected chi connectivity index (χ2v) is 4.37. The molecule has 19 heavy (non-hydrogen) atoms. The van der Waals surface area contributed by atoms with Crippen LogP contribution in [0, 0.1) is 6.92 Å².